The van der Waals surface area contributed by atoms with E-state index in [0.29, 0.717) is 18.0 Å². The van der Waals surface area contributed by atoms with Crippen molar-refractivity contribution < 1.29 is 8.42 Å². The lowest BCUT2D eigenvalue weighted by Crippen LogP contribution is -2.31. The summed E-state index contributed by atoms with van der Waals surface area (Å²) in [4.78, 5) is 0.373. The van der Waals surface area contributed by atoms with Gasteiger partial charge in [0.1, 0.15) is 0 Å². The predicted molar refractivity (Wildman–Crippen MR) is 88.2 cm³/mol. The van der Waals surface area contributed by atoms with Gasteiger partial charge in [0, 0.05) is 36.3 Å². The molecule has 2 N–H and O–H groups in total. The van der Waals surface area contributed by atoms with Gasteiger partial charge < -0.3 is 9.88 Å². The summed E-state index contributed by atoms with van der Waals surface area (Å²) < 4.78 is 29.8. The zero-order valence-corrected chi connectivity index (χ0v) is 14.6. The number of hydrogen-bond donors (Lipinski definition) is 2. The maximum atomic E-state index is 12.4. The Balaban J connectivity index is 2.13. The summed E-state index contributed by atoms with van der Waals surface area (Å²) in [6, 6.07) is 1.77. The third-order valence-electron chi connectivity index (χ3n) is 3.92. The average molecular weight is 332 g/mol. The second-order valence-corrected chi connectivity index (χ2v) is 8.64. The van der Waals surface area contributed by atoms with Crippen LogP contribution in [0, 0.1) is 0 Å². The molecule has 21 heavy (non-hydrogen) atoms. The second kappa shape index (κ2) is 6.73. The van der Waals surface area contributed by atoms with Crippen LogP contribution in [0.15, 0.2) is 17.2 Å². The molecule has 0 amide bonds. The molecule has 7 heteroatoms. The van der Waals surface area contributed by atoms with E-state index in [9.17, 15) is 8.42 Å². The largest absolute Gasteiger partial charge is 0.349 e. The van der Waals surface area contributed by atoms with E-state index in [4.69, 9.17) is 0 Å². The maximum Gasteiger partial charge on any atom is 0.242 e. The SMILES string of the molecule is CCCn1cc(S(=O)(=O)NCC2(SC)CC2)cc1CNC. The molecule has 0 aliphatic heterocycles. The molecule has 1 heterocycles. The maximum absolute atomic E-state index is 12.4. The summed E-state index contributed by atoms with van der Waals surface area (Å²) in [5.74, 6) is 0. The lowest BCUT2D eigenvalue weighted by atomic mass is 10.4. The van der Waals surface area contributed by atoms with Crippen LogP contribution in [0.1, 0.15) is 31.9 Å². The van der Waals surface area contributed by atoms with Gasteiger partial charge in [-0.15, -0.1) is 0 Å². The van der Waals surface area contributed by atoms with Gasteiger partial charge in [0.15, 0.2) is 0 Å². The molecular formula is C14H25N3O2S2. The third kappa shape index (κ3) is 4.03. The van der Waals surface area contributed by atoms with Gasteiger partial charge in [-0.05, 0) is 38.6 Å². The van der Waals surface area contributed by atoms with Crippen LogP contribution in [0.5, 0.6) is 0 Å². The van der Waals surface area contributed by atoms with Gasteiger partial charge >= 0.3 is 0 Å². The molecule has 1 aliphatic rings. The molecule has 1 saturated carbocycles. The number of nitrogens with one attached hydrogen (secondary N) is 2. The number of nitrogens with zero attached hydrogens (tertiary/aromatic N) is 1. The van der Waals surface area contributed by atoms with E-state index in [1.807, 2.05) is 17.9 Å². The molecule has 2 rings (SSSR count). The van der Waals surface area contributed by atoms with Crippen molar-refractivity contribution in [3.8, 4) is 0 Å². The fourth-order valence-electron chi connectivity index (χ4n) is 2.35. The highest BCUT2D eigenvalue weighted by Crippen LogP contribution is 2.46. The van der Waals surface area contributed by atoms with Gasteiger partial charge in [0.25, 0.3) is 0 Å². The molecule has 0 spiro atoms. The Kier molecular flexibility index (Phi) is 5.40. The topological polar surface area (TPSA) is 63.1 Å². The van der Waals surface area contributed by atoms with Crippen LogP contribution < -0.4 is 10.0 Å². The molecule has 1 aliphatic carbocycles. The van der Waals surface area contributed by atoms with Crippen molar-refractivity contribution in [3.05, 3.63) is 18.0 Å². The molecule has 0 atom stereocenters. The first-order chi connectivity index (χ1) is 9.96. The molecule has 0 saturated heterocycles. The number of thioether (sulfide) groups is 1. The lowest BCUT2D eigenvalue weighted by molar-refractivity contribution is 0.578. The van der Waals surface area contributed by atoms with Gasteiger partial charge in [0.05, 0.1) is 4.90 Å². The summed E-state index contributed by atoms with van der Waals surface area (Å²) in [7, 11) is -1.55. The van der Waals surface area contributed by atoms with Gasteiger partial charge in [-0.25, -0.2) is 13.1 Å². The van der Waals surface area contributed by atoms with Crippen LogP contribution in [0.25, 0.3) is 0 Å². The van der Waals surface area contributed by atoms with Crippen molar-refractivity contribution in [1.29, 1.82) is 0 Å². The monoisotopic (exact) mass is 331 g/mol. The molecular weight excluding hydrogens is 306 g/mol. The summed E-state index contributed by atoms with van der Waals surface area (Å²) in [6.45, 7) is 4.12. The fourth-order valence-corrected chi connectivity index (χ4v) is 4.36. The second-order valence-electron chi connectivity index (χ2n) is 5.60. The Morgan fingerprint density at radius 2 is 2.14 bits per heavy atom. The van der Waals surface area contributed by atoms with E-state index < -0.39 is 10.0 Å². The van der Waals surface area contributed by atoms with Gasteiger partial charge in [0.2, 0.25) is 10.0 Å². The van der Waals surface area contributed by atoms with Crippen molar-refractivity contribution >= 4 is 21.8 Å². The Morgan fingerprint density at radius 3 is 2.67 bits per heavy atom. The van der Waals surface area contributed by atoms with Crippen LogP contribution in [0.4, 0.5) is 0 Å². The highest BCUT2D eigenvalue weighted by molar-refractivity contribution is 8.00. The number of aromatic nitrogens is 1. The lowest BCUT2D eigenvalue weighted by Gasteiger charge is -2.12. The Bertz CT molecular complexity index is 554. The number of aryl methyl sites for hydroxylation is 1. The Hall–Kier alpha value is -0.500. The average Bonchev–Trinajstić information content (AvgIpc) is 3.14. The number of sulfonamides is 1. The van der Waals surface area contributed by atoms with Crippen molar-refractivity contribution in [2.24, 2.45) is 0 Å². The zero-order valence-electron chi connectivity index (χ0n) is 13.0. The minimum Gasteiger partial charge on any atom is -0.349 e. The van der Waals surface area contributed by atoms with Gasteiger partial charge in [-0.1, -0.05) is 6.92 Å². The third-order valence-corrected chi connectivity index (χ3v) is 6.71. The zero-order chi connectivity index (χ0) is 15.5. The van der Waals surface area contributed by atoms with Gasteiger partial charge in [-0.3, -0.25) is 0 Å². The molecule has 120 valence electrons. The Morgan fingerprint density at radius 1 is 1.43 bits per heavy atom. The summed E-state index contributed by atoms with van der Waals surface area (Å²) in [5.41, 5.74) is 1.01. The summed E-state index contributed by atoms with van der Waals surface area (Å²) >= 11 is 1.76. The molecule has 0 unspecified atom stereocenters. The van der Waals surface area contributed by atoms with Gasteiger partial charge in [-0.2, -0.15) is 11.8 Å². The fraction of sp³-hybridized carbons (Fsp3) is 0.714. The standard InChI is InChI=1S/C14H25N3O2S2/c1-4-7-17-10-13(8-12(17)9-15-2)21(18,19)16-11-14(20-3)5-6-14/h8,10,15-16H,4-7,9,11H2,1-3H3. The van der Waals surface area contributed by atoms with E-state index in [1.165, 1.54) is 0 Å². The Labute approximate surface area is 131 Å². The van der Waals surface area contributed by atoms with E-state index in [0.717, 1.165) is 31.5 Å². The number of rotatable bonds is 9. The quantitative estimate of drug-likeness (QED) is 0.724. The van der Waals surface area contributed by atoms with E-state index in [1.54, 1.807) is 24.0 Å². The first-order valence-corrected chi connectivity index (χ1v) is 10.1. The van der Waals surface area contributed by atoms with Crippen molar-refractivity contribution in [2.45, 2.75) is 48.9 Å². The number of hydrogen-bond acceptors (Lipinski definition) is 4. The van der Waals surface area contributed by atoms with Crippen LogP contribution in [0.2, 0.25) is 0 Å². The van der Waals surface area contributed by atoms with Crippen molar-refractivity contribution in [1.82, 2.24) is 14.6 Å². The molecule has 1 aromatic heterocycles. The normalized spacial score (nSPS) is 17.1. The molecule has 0 aromatic carbocycles. The highest BCUT2D eigenvalue weighted by atomic mass is 32.2. The molecule has 0 radical (unpaired) electrons. The molecule has 1 fully saturated rings. The van der Waals surface area contributed by atoms with Crippen LogP contribution in [-0.2, 0) is 23.1 Å². The van der Waals surface area contributed by atoms with E-state index in [-0.39, 0.29) is 4.75 Å². The smallest absolute Gasteiger partial charge is 0.242 e. The van der Waals surface area contributed by atoms with Crippen molar-refractivity contribution in [3.63, 3.8) is 0 Å². The molecule has 1 aromatic rings. The van der Waals surface area contributed by atoms with Crippen LogP contribution >= 0.6 is 11.8 Å². The first-order valence-electron chi connectivity index (χ1n) is 7.35. The minimum absolute atomic E-state index is 0.132. The minimum atomic E-state index is -3.41. The summed E-state index contributed by atoms with van der Waals surface area (Å²) in [6.07, 6.45) is 6.96. The van der Waals surface area contributed by atoms with E-state index in [2.05, 4.69) is 17.0 Å². The first kappa shape index (κ1) is 16.9. The predicted octanol–water partition coefficient (Wildman–Crippen LogP) is 1.79. The molecule has 5 nitrogen and oxygen atoms in total. The summed E-state index contributed by atoms with van der Waals surface area (Å²) in [5, 5.41) is 3.08. The van der Waals surface area contributed by atoms with Crippen molar-refractivity contribution in [2.75, 3.05) is 19.8 Å². The highest BCUT2D eigenvalue weighted by Gasteiger charge is 2.42. The van der Waals surface area contributed by atoms with E-state index >= 15 is 0 Å². The molecule has 0 bridgehead atoms. The van der Waals surface area contributed by atoms with Crippen LogP contribution in [-0.4, -0.2) is 37.6 Å². The van der Waals surface area contributed by atoms with Crippen LogP contribution in [0.3, 0.4) is 0 Å².